The molecule has 132 valence electrons. The van der Waals surface area contributed by atoms with E-state index in [1.54, 1.807) is 16.3 Å². The van der Waals surface area contributed by atoms with Crippen LogP contribution in [-0.4, -0.2) is 26.5 Å². The van der Waals surface area contributed by atoms with Gasteiger partial charge in [0.15, 0.2) is 5.16 Å². The zero-order chi connectivity index (χ0) is 18.0. The zero-order valence-electron chi connectivity index (χ0n) is 13.9. The van der Waals surface area contributed by atoms with Gasteiger partial charge in [-0.3, -0.25) is 14.2 Å². The van der Waals surface area contributed by atoms with Crippen LogP contribution in [0, 0.1) is 5.82 Å². The Bertz CT molecular complexity index is 852. The van der Waals surface area contributed by atoms with Gasteiger partial charge in [0, 0.05) is 23.9 Å². The van der Waals surface area contributed by atoms with Crippen molar-refractivity contribution in [1.82, 2.24) is 9.55 Å². The van der Waals surface area contributed by atoms with E-state index in [4.69, 9.17) is 0 Å². The van der Waals surface area contributed by atoms with Crippen LogP contribution in [0.4, 0.5) is 10.1 Å². The molecule has 1 amide bonds. The Morgan fingerprint density at radius 2 is 2.16 bits per heavy atom. The molecule has 0 aliphatic carbocycles. The molecule has 1 aliphatic rings. The van der Waals surface area contributed by atoms with E-state index >= 15 is 0 Å². The number of rotatable bonds is 5. The van der Waals surface area contributed by atoms with Crippen molar-refractivity contribution in [1.29, 1.82) is 0 Å². The minimum atomic E-state index is -0.353. The summed E-state index contributed by atoms with van der Waals surface area (Å²) in [4.78, 5) is 30.0. The molecule has 2 aromatic rings. The Hall–Kier alpha value is -1.80. The second kappa shape index (κ2) is 7.61. The molecule has 2 heterocycles. The first-order valence-electron chi connectivity index (χ1n) is 7.96. The van der Waals surface area contributed by atoms with Crippen LogP contribution in [0.1, 0.15) is 19.5 Å². The molecular weight excluding hydrogens is 361 g/mol. The van der Waals surface area contributed by atoms with Crippen LogP contribution in [0.3, 0.4) is 0 Å². The summed E-state index contributed by atoms with van der Waals surface area (Å²) < 4.78 is 14.5. The molecule has 25 heavy (non-hydrogen) atoms. The Balaban J connectivity index is 1.71. The summed E-state index contributed by atoms with van der Waals surface area (Å²) in [7, 11) is 0. The molecule has 3 rings (SSSR count). The maximum Gasteiger partial charge on any atom is 0.268 e. The Morgan fingerprint density at radius 1 is 1.44 bits per heavy atom. The molecular formula is C17H18FN3O2S2. The molecule has 1 aromatic carbocycles. The molecule has 1 N–H and O–H groups in total. The number of aromatic nitrogens is 2. The zero-order valence-corrected chi connectivity index (χ0v) is 15.5. The van der Waals surface area contributed by atoms with Crippen molar-refractivity contribution in [2.75, 3.05) is 11.1 Å². The summed E-state index contributed by atoms with van der Waals surface area (Å²) in [5, 5.41) is 3.62. The highest BCUT2D eigenvalue weighted by atomic mass is 32.2. The number of fused-ring (bicyclic) bond motifs is 1. The second-order valence-electron chi connectivity index (χ2n) is 5.70. The molecule has 1 aromatic heterocycles. The van der Waals surface area contributed by atoms with Gasteiger partial charge in [-0.05, 0) is 31.2 Å². The minimum Gasteiger partial charge on any atom is -0.325 e. The van der Waals surface area contributed by atoms with Gasteiger partial charge < -0.3 is 5.32 Å². The summed E-state index contributed by atoms with van der Waals surface area (Å²) in [5.41, 5.74) is 1.34. The fourth-order valence-corrected chi connectivity index (χ4v) is 4.58. The van der Waals surface area contributed by atoms with E-state index in [-0.39, 0.29) is 23.0 Å². The lowest BCUT2D eigenvalue weighted by Crippen LogP contribution is -2.25. The van der Waals surface area contributed by atoms with Gasteiger partial charge in [-0.1, -0.05) is 18.7 Å². The average molecular weight is 379 g/mol. The van der Waals surface area contributed by atoms with Crippen LogP contribution >= 0.6 is 23.5 Å². The first-order chi connectivity index (χ1) is 12.0. The van der Waals surface area contributed by atoms with Crippen LogP contribution in [0.2, 0.25) is 0 Å². The number of nitrogens with zero attached hydrogens (tertiary/aromatic N) is 2. The molecule has 1 atom stereocenters. The largest absolute Gasteiger partial charge is 0.325 e. The Labute approximate surface area is 153 Å². The molecule has 5 nitrogen and oxygen atoms in total. The maximum atomic E-state index is 12.9. The van der Waals surface area contributed by atoms with Crippen LogP contribution < -0.4 is 10.9 Å². The van der Waals surface area contributed by atoms with E-state index < -0.39 is 0 Å². The highest BCUT2D eigenvalue weighted by Gasteiger charge is 2.26. The monoisotopic (exact) mass is 379 g/mol. The van der Waals surface area contributed by atoms with Crippen molar-refractivity contribution in [2.45, 2.75) is 42.1 Å². The first-order valence-corrected chi connectivity index (χ1v) is 9.83. The molecule has 0 spiro atoms. The van der Waals surface area contributed by atoms with Gasteiger partial charge in [-0.15, -0.1) is 11.8 Å². The number of thioether (sulfide) groups is 2. The van der Waals surface area contributed by atoms with Crippen molar-refractivity contribution < 1.29 is 9.18 Å². The fourth-order valence-electron chi connectivity index (χ4n) is 2.58. The number of carbonyl (C=O) groups is 1. The lowest BCUT2D eigenvalue weighted by atomic mass is 10.2. The quantitative estimate of drug-likeness (QED) is 0.639. The standard InChI is InChI=1S/C17H18FN3O2S2/c1-3-21-16(23)15-13(8-10(2)25-15)20-17(21)24-9-14(22)19-12-6-4-11(18)5-7-12/h4-7,10H,3,8-9H2,1-2H3,(H,19,22)/t10-/m1/s1. The van der Waals surface area contributed by atoms with Crippen LogP contribution in [0.25, 0.3) is 0 Å². The predicted molar refractivity (Wildman–Crippen MR) is 98.9 cm³/mol. The van der Waals surface area contributed by atoms with E-state index in [2.05, 4.69) is 17.2 Å². The molecule has 8 heteroatoms. The van der Waals surface area contributed by atoms with Gasteiger partial charge in [-0.25, -0.2) is 9.37 Å². The number of carbonyl (C=O) groups excluding carboxylic acids is 1. The van der Waals surface area contributed by atoms with E-state index in [1.165, 1.54) is 36.0 Å². The summed E-state index contributed by atoms with van der Waals surface area (Å²) in [6, 6.07) is 5.59. The fraction of sp³-hybridized carbons (Fsp3) is 0.353. The Morgan fingerprint density at radius 3 is 2.84 bits per heavy atom. The molecule has 0 radical (unpaired) electrons. The number of hydrogen-bond acceptors (Lipinski definition) is 5. The van der Waals surface area contributed by atoms with Gasteiger partial charge in [0.05, 0.1) is 16.3 Å². The lowest BCUT2D eigenvalue weighted by molar-refractivity contribution is -0.113. The maximum absolute atomic E-state index is 12.9. The third-order valence-corrected chi connectivity index (χ3v) is 5.93. The molecule has 0 bridgehead atoms. The van der Waals surface area contributed by atoms with Crippen LogP contribution in [0.5, 0.6) is 0 Å². The number of nitrogens with one attached hydrogen (secondary N) is 1. The molecule has 0 fully saturated rings. The highest BCUT2D eigenvalue weighted by Crippen LogP contribution is 2.34. The molecule has 0 unspecified atom stereocenters. The number of anilines is 1. The topological polar surface area (TPSA) is 64.0 Å². The molecule has 0 saturated carbocycles. The number of benzene rings is 1. The first kappa shape index (κ1) is 18.0. The van der Waals surface area contributed by atoms with Gasteiger partial charge in [0.2, 0.25) is 5.91 Å². The van der Waals surface area contributed by atoms with E-state index in [1.807, 2.05) is 6.92 Å². The third-order valence-electron chi connectivity index (χ3n) is 3.74. The van der Waals surface area contributed by atoms with E-state index in [0.29, 0.717) is 22.6 Å². The summed E-state index contributed by atoms with van der Waals surface area (Å²) in [5.74, 6) is -0.448. The van der Waals surface area contributed by atoms with Crippen molar-refractivity contribution in [3.8, 4) is 0 Å². The number of halogens is 1. The SMILES string of the molecule is CCn1c(SCC(=O)Nc2ccc(F)cc2)nc2c(c1=O)S[C@H](C)C2. The van der Waals surface area contributed by atoms with Crippen molar-refractivity contribution in [3.63, 3.8) is 0 Å². The van der Waals surface area contributed by atoms with Gasteiger partial charge in [-0.2, -0.15) is 0 Å². The highest BCUT2D eigenvalue weighted by molar-refractivity contribution is 8.00. The van der Waals surface area contributed by atoms with Gasteiger partial charge in [0.25, 0.3) is 5.56 Å². The van der Waals surface area contributed by atoms with E-state index in [9.17, 15) is 14.0 Å². The van der Waals surface area contributed by atoms with E-state index in [0.717, 1.165) is 17.0 Å². The van der Waals surface area contributed by atoms with Gasteiger partial charge in [0.1, 0.15) is 5.82 Å². The van der Waals surface area contributed by atoms with Crippen LogP contribution in [0.15, 0.2) is 39.1 Å². The second-order valence-corrected chi connectivity index (χ2v) is 8.09. The number of amides is 1. The van der Waals surface area contributed by atoms with Crippen molar-refractivity contribution >= 4 is 35.1 Å². The smallest absolute Gasteiger partial charge is 0.268 e. The average Bonchev–Trinajstić information content (AvgIpc) is 2.96. The Kier molecular flexibility index (Phi) is 5.48. The molecule has 1 aliphatic heterocycles. The van der Waals surface area contributed by atoms with Gasteiger partial charge >= 0.3 is 0 Å². The van der Waals surface area contributed by atoms with Crippen molar-refractivity contribution in [2.24, 2.45) is 0 Å². The van der Waals surface area contributed by atoms with Crippen molar-refractivity contribution in [3.05, 3.63) is 46.1 Å². The van der Waals surface area contributed by atoms with Crippen LogP contribution in [-0.2, 0) is 17.8 Å². The minimum absolute atomic E-state index is 0.0247. The predicted octanol–water partition coefficient (Wildman–Crippen LogP) is 3.17. The summed E-state index contributed by atoms with van der Waals surface area (Å²) >= 11 is 2.81. The number of hydrogen-bond donors (Lipinski definition) is 1. The normalized spacial score (nSPS) is 15.9. The summed E-state index contributed by atoms with van der Waals surface area (Å²) in [6.07, 6.45) is 0.773. The summed E-state index contributed by atoms with van der Waals surface area (Å²) in [6.45, 7) is 4.47. The lowest BCUT2D eigenvalue weighted by Gasteiger charge is -2.11. The molecule has 0 saturated heterocycles. The third kappa shape index (κ3) is 4.07.